The molecule has 100 valence electrons. The molecule has 5 nitrogen and oxygen atoms in total. The Hall–Kier alpha value is -1.60. The Morgan fingerprint density at radius 3 is 2.74 bits per heavy atom. The monoisotopic (exact) mass is 295 g/mol. The number of hydrogen-bond donors (Lipinski definition) is 1. The average Bonchev–Trinajstić information content (AvgIpc) is 2.82. The second-order valence-corrected chi connectivity index (χ2v) is 6.15. The van der Waals surface area contributed by atoms with Crippen molar-refractivity contribution in [1.29, 1.82) is 0 Å². The zero-order valence-electron chi connectivity index (χ0n) is 10.5. The van der Waals surface area contributed by atoms with Gasteiger partial charge in [-0.05, 0) is 18.1 Å². The smallest absolute Gasteiger partial charge is 0.323 e. The van der Waals surface area contributed by atoms with Crippen molar-refractivity contribution in [2.45, 2.75) is 16.5 Å². The van der Waals surface area contributed by atoms with Crippen LogP contribution >= 0.6 is 23.1 Å². The molecule has 7 heteroatoms. The third kappa shape index (κ3) is 3.24. The van der Waals surface area contributed by atoms with Gasteiger partial charge in [-0.3, -0.25) is 4.79 Å². The highest BCUT2D eigenvalue weighted by Gasteiger charge is 2.25. The molecule has 1 atom stereocenters. The lowest BCUT2D eigenvalue weighted by Gasteiger charge is -2.15. The Balaban J connectivity index is 2.31. The Morgan fingerprint density at radius 2 is 2.16 bits per heavy atom. The van der Waals surface area contributed by atoms with E-state index >= 15 is 0 Å². The van der Waals surface area contributed by atoms with Crippen molar-refractivity contribution < 1.29 is 9.53 Å². The van der Waals surface area contributed by atoms with Gasteiger partial charge in [0.25, 0.3) is 0 Å². The quantitative estimate of drug-likeness (QED) is 0.689. The van der Waals surface area contributed by atoms with Crippen molar-refractivity contribution in [3.8, 4) is 0 Å². The Labute approximate surface area is 119 Å². The van der Waals surface area contributed by atoms with Gasteiger partial charge >= 0.3 is 5.97 Å². The summed E-state index contributed by atoms with van der Waals surface area (Å²) in [5.74, 6) is -0.312. The number of rotatable bonds is 4. The fraction of sp³-hybridized carbons (Fsp3) is 0.250. The number of thioether (sulfide) groups is 1. The standard InChI is InChI=1S/C12H13N3O2S2/c1-7-5-3-4-6-8(7)9(10(16)17-2)18-12-15-14-11(13)19-12/h3-6,9H,1-2H3,(H2,13,14). The van der Waals surface area contributed by atoms with Crippen LogP contribution in [0.3, 0.4) is 0 Å². The van der Waals surface area contributed by atoms with Crippen LogP contribution in [0.25, 0.3) is 0 Å². The highest BCUT2D eigenvalue weighted by molar-refractivity contribution is 8.01. The highest BCUT2D eigenvalue weighted by atomic mass is 32.2. The zero-order valence-corrected chi connectivity index (χ0v) is 12.1. The molecule has 0 bridgehead atoms. The number of hydrogen-bond acceptors (Lipinski definition) is 7. The molecule has 0 radical (unpaired) electrons. The number of benzene rings is 1. The van der Waals surface area contributed by atoms with Gasteiger partial charge < -0.3 is 10.5 Å². The second-order valence-electron chi connectivity index (χ2n) is 3.78. The summed E-state index contributed by atoms with van der Waals surface area (Å²) < 4.78 is 5.52. The highest BCUT2D eigenvalue weighted by Crippen LogP contribution is 2.39. The minimum absolute atomic E-state index is 0.312. The van der Waals surface area contributed by atoms with Gasteiger partial charge in [-0.2, -0.15) is 0 Å². The summed E-state index contributed by atoms with van der Waals surface area (Å²) >= 11 is 2.56. The molecule has 2 N–H and O–H groups in total. The van der Waals surface area contributed by atoms with Crippen LogP contribution in [-0.2, 0) is 9.53 Å². The predicted molar refractivity (Wildman–Crippen MR) is 76.1 cm³/mol. The summed E-state index contributed by atoms with van der Waals surface area (Å²) in [6.45, 7) is 1.96. The van der Waals surface area contributed by atoms with E-state index in [0.717, 1.165) is 11.1 Å². The zero-order chi connectivity index (χ0) is 13.8. The van der Waals surface area contributed by atoms with Crippen LogP contribution in [0.15, 0.2) is 28.6 Å². The van der Waals surface area contributed by atoms with E-state index in [1.54, 1.807) is 0 Å². The number of aryl methyl sites for hydroxylation is 1. The number of methoxy groups -OCH3 is 1. The van der Waals surface area contributed by atoms with Crippen LogP contribution in [0, 0.1) is 6.92 Å². The van der Waals surface area contributed by atoms with Crippen molar-refractivity contribution >= 4 is 34.2 Å². The Morgan fingerprint density at radius 1 is 1.42 bits per heavy atom. The lowest BCUT2D eigenvalue weighted by molar-refractivity contribution is -0.140. The lowest BCUT2D eigenvalue weighted by Crippen LogP contribution is -2.12. The fourth-order valence-electron chi connectivity index (χ4n) is 1.60. The predicted octanol–water partition coefficient (Wildman–Crippen LogP) is 2.44. The largest absolute Gasteiger partial charge is 0.468 e. The van der Waals surface area contributed by atoms with Crippen molar-refractivity contribution in [2.75, 3.05) is 12.8 Å². The molecule has 0 aliphatic carbocycles. The minimum atomic E-state index is -0.460. The van der Waals surface area contributed by atoms with Crippen LogP contribution in [-0.4, -0.2) is 23.3 Å². The number of nitrogens with two attached hydrogens (primary N) is 1. The van der Waals surface area contributed by atoms with Crippen molar-refractivity contribution in [1.82, 2.24) is 10.2 Å². The first kappa shape index (κ1) is 13.8. The number of carbonyl (C=O) groups is 1. The number of carbonyl (C=O) groups excluding carboxylic acids is 1. The molecule has 1 heterocycles. The molecule has 2 aromatic rings. The van der Waals surface area contributed by atoms with Gasteiger partial charge in [0.15, 0.2) is 4.34 Å². The molecule has 1 unspecified atom stereocenters. The van der Waals surface area contributed by atoms with Crippen LogP contribution in [0.2, 0.25) is 0 Å². The molecule has 19 heavy (non-hydrogen) atoms. The molecule has 2 rings (SSSR count). The maximum Gasteiger partial charge on any atom is 0.323 e. The van der Waals surface area contributed by atoms with Gasteiger partial charge in [0, 0.05) is 0 Å². The fourth-order valence-corrected chi connectivity index (χ4v) is 3.55. The Bertz CT molecular complexity index is 586. The van der Waals surface area contributed by atoms with E-state index in [4.69, 9.17) is 10.5 Å². The maximum absolute atomic E-state index is 12.0. The maximum atomic E-state index is 12.0. The number of anilines is 1. The molecule has 0 saturated carbocycles. The number of aromatic nitrogens is 2. The van der Waals surface area contributed by atoms with Gasteiger partial charge in [0.05, 0.1) is 7.11 Å². The molecule has 0 spiro atoms. The molecule has 0 aliphatic rings. The number of esters is 1. The number of nitrogen functional groups attached to an aromatic ring is 1. The molecule has 0 saturated heterocycles. The van der Waals surface area contributed by atoms with Gasteiger partial charge in [-0.15, -0.1) is 10.2 Å². The summed E-state index contributed by atoms with van der Waals surface area (Å²) in [5.41, 5.74) is 7.49. The van der Waals surface area contributed by atoms with Crippen molar-refractivity contribution in [3.05, 3.63) is 35.4 Å². The Kier molecular flexibility index (Phi) is 4.39. The van der Waals surface area contributed by atoms with E-state index in [0.29, 0.717) is 9.47 Å². The number of ether oxygens (including phenoxy) is 1. The molecular formula is C12H13N3O2S2. The molecular weight excluding hydrogens is 282 g/mol. The summed E-state index contributed by atoms with van der Waals surface area (Å²) in [6.07, 6.45) is 0. The minimum Gasteiger partial charge on any atom is -0.468 e. The first-order valence-electron chi connectivity index (χ1n) is 5.51. The van der Waals surface area contributed by atoms with Gasteiger partial charge in [-0.25, -0.2) is 0 Å². The van der Waals surface area contributed by atoms with Gasteiger partial charge in [-0.1, -0.05) is 47.4 Å². The molecule has 1 aromatic carbocycles. The topological polar surface area (TPSA) is 78.1 Å². The van der Waals surface area contributed by atoms with Crippen LogP contribution < -0.4 is 5.73 Å². The second kappa shape index (κ2) is 6.03. The van der Waals surface area contributed by atoms with Crippen LogP contribution in [0.5, 0.6) is 0 Å². The summed E-state index contributed by atoms with van der Waals surface area (Å²) in [7, 11) is 1.38. The van der Waals surface area contributed by atoms with E-state index in [9.17, 15) is 4.79 Å². The van der Waals surface area contributed by atoms with E-state index in [-0.39, 0.29) is 5.97 Å². The van der Waals surface area contributed by atoms with Gasteiger partial charge in [0.1, 0.15) is 5.25 Å². The third-order valence-corrected chi connectivity index (χ3v) is 4.58. The van der Waals surface area contributed by atoms with E-state index in [2.05, 4.69) is 10.2 Å². The number of nitrogens with zero attached hydrogens (tertiary/aromatic N) is 2. The summed E-state index contributed by atoms with van der Waals surface area (Å²) in [4.78, 5) is 12.0. The first-order valence-corrected chi connectivity index (χ1v) is 7.20. The van der Waals surface area contributed by atoms with Crippen LogP contribution in [0.1, 0.15) is 16.4 Å². The molecule has 0 aliphatic heterocycles. The van der Waals surface area contributed by atoms with Crippen molar-refractivity contribution in [3.63, 3.8) is 0 Å². The SMILES string of the molecule is COC(=O)C(Sc1nnc(N)s1)c1ccccc1C. The van der Waals surface area contributed by atoms with E-state index < -0.39 is 5.25 Å². The van der Waals surface area contributed by atoms with E-state index in [1.807, 2.05) is 31.2 Å². The third-order valence-electron chi connectivity index (χ3n) is 2.53. The average molecular weight is 295 g/mol. The molecule has 0 fully saturated rings. The normalized spacial score (nSPS) is 12.1. The van der Waals surface area contributed by atoms with Crippen LogP contribution in [0.4, 0.5) is 5.13 Å². The molecule has 0 amide bonds. The molecule has 1 aromatic heterocycles. The lowest BCUT2D eigenvalue weighted by atomic mass is 10.1. The first-order chi connectivity index (χ1) is 9.11. The summed E-state index contributed by atoms with van der Waals surface area (Å²) in [5, 5.41) is 7.60. The van der Waals surface area contributed by atoms with Gasteiger partial charge in [0.2, 0.25) is 5.13 Å². The van der Waals surface area contributed by atoms with Crippen molar-refractivity contribution in [2.24, 2.45) is 0 Å². The van der Waals surface area contributed by atoms with E-state index in [1.165, 1.54) is 30.2 Å². The summed E-state index contributed by atoms with van der Waals surface area (Å²) in [6, 6.07) is 7.70.